The molecule has 7 heteroatoms. The molecule has 132 valence electrons. The third kappa shape index (κ3) is 3.86. The van der Waals surface area contributed by atoms with Crippen molar-refractivity contribution in [3.8, 4) is 23.8 Å². The van der Waals surface area contributed by atoms with Gasteiger partial charge in [0, 0.05) is 11.3 Å². The number of urea groups is 1. The van der Waals surface area contributed by atoms with Crippen LogP contribution in [-0.2, 0) is 9.53 Å². The standard InChI is InChI=1S/C18H20N2O5/c1-5-10-25-16-12(8-7-9-13(16)23-4)15-14(17(21)24-6-2)11(3)19-18(22)20-15/h1,7-9,15H,6,10H2,2-4H3,(H2,19,20,22)/t15-/m0/s1. The first-order valence-corrected chi connectivity index (χ1v) is 7.72. The molecule has 2 N–H and O–H groups in total. The summed E-state index contributed by atoms with van der Waals surface area (Å²) < 4.78 is 16.1. The van der Waals surface area contributed by atoms with E-state index in [1.54, 1.807) is 32.0 Å². The average molecular weight is 344 g/mol. The summed E-state index contributed by atoms with van der Waals surface area (Å²) in [6.45, 7) is 3.59. The quantitative estimate of drug-likeness (QED) is 0.608. The first-order chi connectivity index (χ1) is 12.0. The molecule has 0 aromatic heterocycles. The van der Waals surface area contributed by atoms with Crippen LogP contribution in [0.2, 0.25) is 0 Å². The van der Waals surface area contributed by atoms with Gasteiger partial charge in [0.2, 0.25) is 0 Å². The Balaban J connectivity index is 2.57. The van der Waals surface area contributed by atoms with Gasteiger partial charge in [-0.15, -0.1) is 6.42 Å². The lowest BCUT2D eigenvalue weighted by molar-refractivity contribution is -0.139. The predicted molar refractivity (Wildman–Crippen MR) is 91.1 cm³/mol. The smallest absolute Gasteiger partial charge is 0.338 e. The number of benzene rings is 1. The molecular formula is C18H20N2O5. The number of allylic oxidation sites excluding steroid dienone is 1. The number of rotatable bonds is 6. The Labute approximate surface area is 146 Å². The molecule has 0 radical (unpaired) electrons. The lowest BCUT2D eigenvalue weighted by Crippen LogP contribution is -2.45. The summed E-state index contributed by atoms with van der Waals surface area (Å²) in [5.74, 6) is 2.67. The van der Waals surface area contributed by atoms with Crippen LogP contribution in [0.3, 0.4) is 0 Å². The zero-order valence-electron chi connectivity index (χ0n) is 14.3. The monoisotopic (exact) mass is 344 g/mol. The molecule has 0 aliphatic carbocycles. The Bertz CT molecular complexity index is 748. The fraction of sp³-hybridized carbons (Fsp3) is 0.333. The van der Waals surface area contributed by atoms with Crippen molar-refractivity contribution in [2.24, 2.45) is 0 Å². The van der Waals surface area contributed by atoms with E-state index in [1.165, 1.54) is 7.11 Å². The highest BCUT2D eigenvalue weighted by molar-refractivity contribution is 5.95. The van der Waals surface area contributed by atoms with Crippen LogP contribution in [-0.4, -0.2) is 32.3 Å². The van der Waals surface area contributed by atoms with Crippen molar-refractivity contribution in [1.82, 2.24) is 10.6 Å². The van der Waals surface area contributed by atoms with Gasteiger partial charge in [0.1, 0.15) is 6.61 Å². The molecule has 1 aromatic rings. The lowest BCUT2D eigenvalue weighted by atomic mass is 9.94. The number of hydrogen-bond acceptors (Lipinski definition) is 5. The highest BCUT2D eigenvalue weighted by Gasteiger charge is 2.34. The fourth-order valence-electron chi connectivity index (χ4n) is 2.60. The van der Waals surface area contributed by atoms with E-state index in [0.29, 0.717) is 28.3 Å². The van der Waals surface area contributed by atoms with Crippen molar-refractivity contribution < 1.29 is 23.8 Å². The summed E-state index contributed by atoms with van der Waals surface area (Å²) in [6, 6.07) is 4.00. The zero-order chi connectivity index (χ0) is 18.4. The number of amides is 2. The van der Waals surface area contributed by atoms with Gasteiger partial charge in [-0.05, 0) is 19.9 Å². The minimum Gasteiger partial charge on any atom is -0.493 e. The van der Waals surface area contributed by atoms with Crippen LogP contribution in [0.4, 0.5) is 4.79 Å². The van der Waals surface area contributed by atoms with Crippen LogP contribution in [0.25, 0.3) is 0 Å². The van der Waals surface area contributed by atoms with Crippen molar-refractivity contribution >= 4 is 12.0 Å². The molecule has 0 saturated heterocycles. The van der Waals surface area contributed by atoms with Gasteiger partial charge in [-0.25, -0.2) is 9.59 Å². The maximum atomic E-state index is 12.4. The molecular weight excluding hydrogens is 324 g/mol. The number of esters is 1. The van der Waals surface area contributed by atoms with Crippen LogP contribution in [0.15, 0.2) is 29.5 Å². The van der Waals surface area contributed by atoms with Crippen molar-refractivity contribution in [2.75, 3.05) is 20.3 Å². The first kappa shape index (κ1) is 18.2. The number of nitrogens with one attached hydrogen (secondary N) is 2. The fourth-order valence-corrected chi connectivity index (χ4v) is 2.60. The van der Waals surface area contributed by atoms with E-state index in [4.69, 9.17) is 20.6 Å². The van der Waals surface area contributed by atoms with Crippen molar-refractivity contribution in [1.29, 1.82) is 0 Å². The van der Waals surface area contributed by atoms with Gasteiger partial charge in [0.25, 0.3) is 0 Å². The van der Waals surface area contributed by atoms with Gasteiger partial charge < -0.3 is 24.8 Å². The molecule has 2 rings (SSSR count). The molecule has 0 fully saturated rings. The van der Waals surface area contributed by atoms with Gasteiger partial charge in [-0.2, -0.15) is 0 Å². The number of methoxy groups -OCH3 is 1. The Morgan fingerprint density at radius 3 is 2.80 bits per heavy atom. The molecule has 0 bridgehead atoms. The molecule has 25 heavy (non-hydrogen) atoms. The molecule has 1 heterocycles. The van der Waals surface area contributed by atoms with Crippen LogP contribution in [0, 0.1) is 12.3 Å². The summed E-state index contributed by atoms with van der Waals surface area (Å²) in [5.41, 5.74) is 1.25. The van der Waals surface area contributed by atoms with E-state index >= 15 is 0 Å². The predicted octanol–water partition coefficient (Wildman–Crippen LogP) is 1.90. The van der Waals surface area contributed by atoms with Crippen molar-refractivity contribution in [3.63, 3.8) is 0 Å². The van der Waals surface area contributed by atoms with E-state index in [0.717, 1.165) is 0 Å². The third-order valence-electron chi connectivity index (χ3n) is 3.60. The first-order valence-electron chi connectivity index (χ1n) is 7.72. The summed E-state index contributed by atoms with van der Waals surface area (Å²) in [7, 11) is 1.50. The van der Waals surface area contributed by atoms with Gasteiger partial charge in [0.05, 0.1) is 25.3 Å². The lowest BCUT2D eigenvalue weighted by Gasteiger charge is -2.29. The average Bonchev–Trinajstić information content (AvgIpc) is 2.58. The molecule has 7 nitrogen and oxygen atoms in total. The van der Waals surface area contributed by atoms with Crippen LogP contribution < -0.4 is 20.1 Å². The number of para-hydroxylation sites is 1. The number of ether oxygens (including phenoxy) is 3. The number of hydrogen-bond donors (Lipinski definition) is 2. The number of carbonyl (C=O) groups excluding carboxylic acids is 2. The molecule has 1 atom stereocenters. The van der Waals surface area contributed by atoms with Gasteiger partial charge in [0.15, 0.2) is 11.5 Å². The van der Waals surface area contributed by atoms with Crippen LogP contribution in [0.1, 0.15) is 25.5 Å². The highest BCUT2D eigenvalue weighted by atomic mass is 16.5. The molecule has 1 aromatic carbocycles. The van der Waals surface area contributed by atoms with E-state index in [9.17, 15) is 9.59 Å². The largest absolute Gasteiger partial charge is 0.493 e. The van der Waals surface area contributed by atoms with Gasteiger partial charge >= 0.3 is 12.0 Å². The number of carbonyl (C=O) groups is 2. The zero-order valence-corrected chi connectivity index (χ0v) is 14.3. The normalized spacial score (nSPS) is 16.4. The second-order valence-corrected chi connectivity index (χ2v) is 5.16. The molecule has 0 unspecified atom stereocenters. The minimum atomic E-state index is -0.754. The SMILES string of the molecule is C#CCOc1c(OC)cccc1[C@@H]1NC(=O)NC(C)=C1C(=O)OCC. The highest BCUT2D eigenvalue weighted by Crippen LogP contribution is 2.39. The minimum absolute atomic E-state index is 0.0176. The second kappa shape index (κ2) is 8.11. The van der Waals surface area contributed by atoms with Crippen molar-refractivity contribution in [3.05, 3.63) is 35.0 Å². The van der Waals surface area contributed by atoms with E-state index < -0.39 is 18.0 Å². The summed E-state index contributed by atoms with van der Waals surface area (Å²) in [6.07, 6.45) is 5.28. The molecule has 1 aliphatic rings. The Morgan fingerprint density at radius 2 is 2.16 bits per heavy atom. The number of terminal acetylenes is 1. The Kier molecular flexibility index (Phi) is 5.90. The van der Waals surface area contributed by atoms with Gasteiger partial charge in [-0.1, -0.05) is 18.1 Å². The van der Waals surface area contributed by atoms with Gasteiger partial charge in [-0.3, -0.25) is 0 Å². The van der Waals surface area contributed by atoms with E-state index in [-0.39, 0.29) is 13.2 Å². The van der Waals surface area contributed by atoms with Crippen LogP contribution in [0.5, 0.6) is 11.5 Å². The Morgan fingerprint density at radius 1 is 1.40 bits per heavy atom. The topological polar surface area (TPSA) is 85.9 Å². The molecule has 0 spiro atoms. The molecule has 0 saturated carbocycles. The van der Waals surface area contributed by atoms with Crippen molar-refractivity contribution in [2.45, 2.75) is 19.9 Å². The Hall–Kier alpha value is -3.14. The van der Waals surface area contributed by atoms with E-state index in [2.05, 4.69) is 16.6 Å². The summed E-state index contributed by atoms with van der Waals surface area (Å²) >= 11 is 0. The van der Waals surface area contributed by atoms with E-state index in [1.807, 2.05) is 0 Å². The molecule has 2 amide bonds. The maximum Gasteiger partial charge on any atom is 0.338 e. The maximum absolute atomic E-state index is 12.4. The van der Waals surface area contributed by atoms with Crippen LogP contribution >= 0.6 is 0 Å². The molecule has 1 aliphatic heterocycles. The summed E-state index contributed by atoms with van der Waals surface area (Å²) in [4.78, 5) is 24.4. The summed E-state index contributed by atoms with van der Waals surface area (Å²) in [5, 5.41) is 5.31. The third-order valence-corrected chi connectivity index (χ3v) is 3.60. The second-order valence-electron chi connectivity index (χ2n) is 5.16.